The number of nitrogens with zero attached hydrogens (tertiary/aromatic N) is 1. The summed E-state index contributed by atoms with van der Waals surface area (Å²) in [7, 11) is 1.36. The number of anilines is 1. The van der Waals surface area contributed by atoms with Crippen LogP contribution in [0.15, 0.2) is 5.38 Å². The Labute approximate surface area is 104 Å². The second-order valence-electron chi connectivity index (χ2n) is 3.16. The monoisotopic (exact) mass is 260 g/mol. The van der Waals surface area contributed by atoms with Crippen LogP contribution in [0.2, 0.25) is 0 Å². The van der Waals surface area contributed by atoms with E-state index in [9.17, 15) is 4.79 Å². The summed E-state index contributed by atoms with van der Waals surface area (Å²) in [5.41, 5.74) is 0.374. The van der Waals surface area contributed by atoms with E-state index in [1.54, 1.807) is 5.38 Å². The first-order valence-corrected chi connectivity index (χ1v) is 7.32. The van der Waals surface area contributed by atoms with E-state index >= 15 is 0 Å². The SMILES string of the molecule is COC(=O)c1csc(NCCCCSC)n1. The molecule has 6 heteroatoms. The predicted molar refractivity (Wildman–Crippen MR) is 69.6 cm³/mol. The number of esters is 1. The Balaban J connectivity index is 2.27. The molecular weight excluding hydrogens is 244 g/mol. The molecule has 0 aliphatic heterocycles. The first-order chi connectivity index (χ1) is 7.77. The number of carbonyl (C=O) groups is 1. The van der Waals surface area contributed by atoms with E-state index in [-0.39, 0.29) is 5.97 Å². The second-order valence-corrected chi connectivity index (χ2v) is 5.00. The van der Waals surface area contributed by atoms with E-state index in [0.717, 1.165) is 18.1 Å². The van der Waals surface area contributed by atoms with Gasteiger partial charge in [0.1, 0.15) is 0 Å². The van der Waals surface area contributed by atoms with Gasteiger partial charge in [0, 0.05) is 11.9 Å². The molecule has 4 nitrogen and oxygen atoms in total. The minimum atomic E-state index is -0.383. The van der Waals surface area contributed by atoms with Gasteiger partial charge in [-0.05, 0) is 24.9 Å². The molecule has 1 aromatic rings. The highest BCUT2D eigenvalue weighted by atomic mass is 32.2. The Morgan fingerprint density at radius 3 is 3.12 bits per heavy atom. The van der Waals surface area contributed by atoms with E-state index in [1.165, 1.54) is 30.6 Å². The van der Waals surface area contributed by atoms with Gasteiger partial charge in [-0.25, -0.2) is 9.78 Å². The number of carbonyl (C=O) groups excluding carboxylic acids is 1. The molecule has 1 N–H and O–H groups in total. The maximum absolute atomic E-state index is 11.1. The molecular formula is C10H16N2O2S2. The minimum Gasteiger partial charge on any atom is -0.464 e. The van der Waals surface area contributed by atoms with Gasteiger partial charge in [-0.15, -0.1) is 11.3 Å². The molecule has 0 aliphatic rings. The van der Waals surface area contributed by atoms with Gasteiger partial charge in [0.2, 0.25) is 0 Å². The number of thioether (sulfide) groups is 1. The van der Waals surface area contributed by atoms with Crippen molar-refractivity contribution in [1.82, 2.24) is 4.98 Å². The van der Waals surface area contributed by atoms with Gasteiger partial charge in [0.05, 0.1) is 7.11 Å². The zero-order chi connectivity index (χ0) is 11.8. The number of ether oxygens (including phenoxy) is 1. The third kappa shape index (κ3) is 4.40. The number of hydrogen-bond acceptors (Lipinski definition) is 6. The third-order valence-electron chi connectivity index (χ3n) is 1.95. The number of methoxy groups -OCH3 is 1. The van der Waals surface area contributed by atoms with E-state index < -0.39 is 0 Å². The van der Waals surface area contributed by atoms with E-state index in [4.69, 9.17) is 0 Å². The quantitative estimate of drug-likeness (QED) is 0.603. The molecule has 0 atom stereocenters. The fourth-order valence-electron chi connectivity index (χ4n) is 1.12. The molecule has 1 aromatic heterocycles. The van der Waals surface area contributed by atoms with Crippen LogP contribution in [-0.2, 0) is 4.74 Å². The molecule has 0 saturated heterocycles. The third-order valence-corrected chi connectivity index (χ3v) is 3.45. The smallest absolute Gasteiger partial charge is 0.357 e. The van der Waals surface area contributed by atoms with Crippen molar-refractivity contribution in [2.75, 3.05) is 31.0 Å². The summed E-state index contributed by atoms with van der Waals surface area (Å²) in [4.78, 5) is 15.3. The van der Waals surface area contributed by atoms with Crippen LogP contribution in [0.3, 0.4) is 0 Å². The van der Waals surface area contributed by atoms with E-state index in [0.29, 0.717) is 5.69 Å². The lowest BCUT2D eigenvalue weighted by atomic mass is 10.3. The van der Waals surface area contributed by atoms with Crippen LogP contribution in [0.4, 0.5) is 5.13 Å². The number of unbranched alkanes of at least 4 members (excludes halogenated alkanes) is 1. The summed E-state index contributed by atoms with van der Waals surface area (Å²) in [5.74, 6) is 0.805. The number of rotatable bonds is 7. The zero-order valence-corrected chi connectivity index (χ0v) is 11.1. The van der Waals surface area contributed by atoms with Crippen molar-refractivity contribution in [2.24, 2.45) is 0 Å². The lowest BCUT2D eigenvalue weighted by Gasteiger charge is -2.01. The molecule has 0 amide bonds. The summed E-state index contributed by atoms with van der Waals surface area (Å²) in [6, 6.07) is 0. The van der Waals surface area contributed by atoms with Crippen LogP contribution in [0.1, 0.15) is 23.3 Å². The van der Waals surface area contributed by atoms with Gasteiger partial charge in [0.15, 0.2) is 10.8 Å². The van der Waals surface area contributed by atoms with Crippen LogP contribution in [0.5, 0.6) is 0 Å². The predicted octanol–water partition coefficient (Wildman–Crippen LogP) is 2.48. The fourth-order valence-corrected chi connectivity index (χ4v) is 2.32. The molecule has 0 saturated carbocycles. The molecule has 0 aliphatic carbocycles. The normalized spacial score (nSPS) is 10.1. The Kier molecular flexibility index (Phi) is 6.25. The largest absolute Gasteiger partial charge is 0.464 e. The number of thiazole rings is 1. The molecule has 0 spiro atoms. The Morgan fingerprint density at radius 2 is 2.44 bits per heavy atom. The van der Waals surface area contributed by atoms with Crippen molar-refractivity contribution in [3.05, 3.63) is 11.1 Å². The number of aromatic nitrogens is 1. The number of hydrogen-bond donors (Lipinski definition) is 1. The van der Waals surface area contributed by atoms with Crippen LogP contribution in [0.25, 0.3) is 0 Å². The van der Waals surface area contributed by atoms with Gasteiger partial charge in [-0.3, -0.25) is 0 Å². The summed E-state index contributed by atoms with van der Waals surface area (Å²) >= 11 is 3.29. The van der Waals surface area contributed by atoms with Crippen molar-refractivity contribution in [2.45, 2.75) is 12.8 Å². The Morgan fingerprint density at radius 1 is 1.62 bits per heavy atom. The van der Waals surface area contributed by atoms with E-state index in [2.05, 4.69) is 21.3 Å². The first-order valence-electron chi connectivity index (χ1n) is 5.04. The topological polar surface area (TPSA) is 51.2 Å². The van der Waals surface area contributed by atoms with Crippen molar-refractivity contribution in [1.29, 1.82) is 0 Å². The number of nitrogens with one attached hydrogen (secondary N) is 1. The van der Waals surface area contributed by atoms with Gasteiger partial charge in [-0.1, -0.05) is 0 Å². The highest BCUT2D eigenvalue weighted by molar-refractivity contribution is 7.98. The molecule has 1 heterocycles. The van der Waals surface area contributed by atoms with Crippen LogP contribution in [-0.4, -0.2) is 36.6 Å². The molecule has 1 rings (SSSR count). The minimum absolute atomic E-state index is 0.374. The van der Waals surface area contributed by atoms with Crippen molar-refractivity contribution < 1.29 is 9.53 Å². The maximum Gasteiger partial charge on any atom is 0.357 e. The van der Waals surface area contributed by atoms with E-state index in [1.807, 2.05) is 11.8 Å². The van der Waals surface area contributed by atoms with Gasteiger partial charge in [0.25, 0.3) is 0 Å². The summed E-state index contributed by atoms with van der Waals surface area (Å²) in [5, 5.41) is 5.68. The highest BCUT2D eigenvalue weighted by Gasteiger charge is 2.09. The van der Waals surface area contributed by atoms with Crippen molar-refractivity contribution in [3.8, 4) is 0 Å². The van der Waals surface area contributed by atoms with Gasteiger partial charge < -0.3 is 10.1 Å². The van der Waals surface area contributed by atoms with Crippen LogP contribution < -0.4 is 5.32 Å². The van der Waals surface area contributed by atoms with Gasteiger partial charge >= 0.3 is 5.97 Å². The zero-order valence-electron chi connectivity index (χ0n) is 9.49. The van der Waals surface area contributed by atoms with Crippen LogP contribution >= 0.6 is 23.1 Å². The Bertz CT molecular complexity index is 328. The molecule has 0 bridgehead atoms. The van der Waals surface area contributed by atoms with Crippen molar-refractivity contribution >= 4 is 34.2 Å². The fraction of sp³-hybridized carbons (Fsp3) is 0.600. The van der Waals surface area contributed by atoms with Crippen LogP contribution in [0, 0.1) is 0 Å². The molecule has 0 radical (unpaired) electrons. The Hall–Kier alpha value is -0.750. The molecule has 0 unspecified atom stereocenters. The molecule has 0 fully saturated rings. The highest BCUT2D eigenvalue weighted by Crippen LogP contribution is 2.16. The first kappa shape index (κ1) is 13.3. The lowest BCUT2D eigenvalue weighted by molar-refractivity contribution is 0.0595. The average molecular weight is 260 g/mol. The summed E-state index contributed by atoms with van der Waals surface area (Å²) in [6.07, 6.45) is 4.42. The van der Waals surface area contributed by atoms with Crippen molar-refractivity contribution in [3.63, 3.8) is 0 Å². The lowest BCUT2D eigenvalue weighted by Crippen LogP contribution is -2.04. The second kappa shape index (κ2) is 7.51. The van der Waals surface area contributed by atoms with Gasteiger partial charge in [-0.2, -0.15) is 11.8 Å². The summed E-state index contributed by atoms with van der Waals surface area (Å²) < 4.78 is 4.58. The molecule has 16 heavy (non-hydrogen) atoms. The summed E-state index contributed by atoms with van der Waals surface area (Å²) in [6.45, 7) is 0.898. The maximum atomic E-state index is 11.1. The molecule has 0 aromatic carbocycles. The standard InChI is InChI=1S/C10H16N2O2S2/c1-14-9(13)8-7-16-10(12-8)11-5-3-4-6-15-2/h7H,3-6H2,1-2H3,(H,11,12). The molecule has 90 valence electrons. The average Bonchev–Trinajstić information content (AvgIpc) is 2.76.